The summed E-state index contributed by atoms with van der Waals surface area (Å²) in [7, 11) is 2.13. The van der Waals surface area contributed by atoms with Gasteiger partial charge in [-0.1, -0.05) is 44.9 Å². The van der Waals surface area contributed by atoms with Crippen molar-refractivity contribution in [3.05, 3.63) is 0 Å². The van der Waals surface area contributed by atoms with E-state index in [1.165, 1.54) is 70.8 Å². The van der Waals surface area contributed by atoms with Gasteiger partial charge in [0.05, 0.1) is 0 Å². The molecule has 0 spiro atoms. The van der Waals surface area contributed by atoms with Gasteiger partial charge >= 0.3 is 0 Å². The predicted molar refractivity (Wildman–Crippen MR) is 66.0 cm³/mol. The SMILES string of the molecule is CNCC1(CC2CCCCC2)CCCC1. The number of hydrogen-bond acceptors (Lipinski definition) is 1. The van der Waals surface area contributed by atoms with Crippen LogP contribution in [0.5, 0.6) is 0 Å². The molecule has 0 heterocycles. The van der Waals surface area contributed by atoms with Crippen molar-refractivity contribution < 1.29 is 0 Å². The lowest BCUT2D eigenvalue weighted by atomic mass is 9.73. The summed E-state index contributed by atoms with van der Waals surface area (Å²) in [6.07, 6.45) is 15.0. The van der Waals surface area contributed by atoms with Crippen LogP contribution in [0.15, 0.2) is 0 Å². The first-order chi connectivity index (χ1) is 7.35. The third kappa shape index (κ3) is 2.96. The highest BCUT2D eigenvalue weighted by Crippen LogP contribution is 2.45. The van der Waals surface area contributed by atoms with Crippen LogP contribution in [0.25, 0.3) is 0 Å². The van der Waals surface area contributed by atoms with Crippen LogP contribution in [0.1, 0.15) is 64.2 Å². The van der Waals surface area contributed by atoms with E-state index in [0.29, 0.717) is 5.41 Å². The molecule has 88 valence electrons. The van der Waals surface area contributed by atoms with E-state index < -0.39 is 0 Å². The zero-order chi connectivity index (χ0) is 10.6. The molecule has 1 heteroatoms. The molecular formula is C14H27N. The van der Waals surface area contributed by atoms with E-state index in [0.717, 1.165) is 5.92 Å². The number of hydrogen-bond donors (Lipinski definition) is 1. The van der Waals surface area contributed by atoms with Crippen LogP contribution in [0.2, 0.25) is 0 Å². The Hall–Kier alpha value is -0.0400. The Kier molecular flexibility index (Phi) is 4.07. The molecule has 0 amide bonds. The van der Waals surface area contributed by atoms with E-state index in [4.69, 9.17) is 0 Å². The van der Waals surface area contributed by atoms with E-state index in [-0.39, 0.29) is 0 Å². The van der Waals surface area contributed by atoms with Crippen molar-refractivity contribution in [2.75, 3.05) is 13.6 Å². The summed E-state index contributed by atoms with van der Waals surface area (Å²) in [6, 6.07) is 0. The Balaban J connectivity index is 1.87. The van der Waals surface area contributed by atoms with Crippen molar-refractivity contribution in [2.45, 2.75) is 64.2 Å². The summed E-state index contributed by atoms with van der Waals surface area (Å²) in [5, 5.41) is 3.44. The van der Waals surface area contributed by atoms with Gasteiger partial charge in [-0.15, -0.1) is 0 Å². The summed E-state index contributed by atoms with van der Waals surface area (Å²) in [5.74, 6) is 1.06. The molecule has 0 saturated heterocycles. The van der Waals surface area contributed by atoms with Gasteiger partial charge in [0.25, 0.3) is 0 Å². The average molecular weight is 209 g/mol. The molecule has 0 atom stereocenters. The van der Waals surface area contributed by atoms with Crippen LogP contribution in [-0.2, 0) is 0 Å². The van der Waals surface area contributed by atoms with Crippen molar-refractivity contribution in [2.24, 2.45) is 11.3 Å². The zero-order valence-corrected chi connectivity index (χ0v) is 10.4. The van der Waals surface area contributed by atoms with Crippen molar-refractivity contribution >= 4 is 0 Å². The molecule has 1 N–H and O–H groups in total. The van der Waals surface area contributed by atoms with Crippen LogP contribution < -0.4 is 5.32 Å². The molecule has 0 aromatic carbocycles. The van der Waals surface area contributed by atoms with Gasteiger partial charge in [0.2, 0.25) is 0 Å². The highest BCUT2D eigenvalue weighted by molar-refractivity contribution is 4.88. The first kappa shape index (κ1) is 11.4. The van der Waals surface area contributed by atoms with Crippen molar-refractivity contribution in [3.63, 3.8) is 0 Å². The van der Waals surface area contributed by atoms with Gasteiger partial charge in [-0.3, -0.25) is 0 Å². The van der Waals surface area contributed by atoms with Gasteiger partial charge in [-0.2, -0.15) is 0 Å². The maximum Gasteiger partial charge on any atom is 0.000490 e. The van der Waals surface area contributed by atoms with E-state index in [1.807, 2.05) is 0 Å². The Labute approximate surface area is 95.0 Å². The molecule has 0 aromatic rings. The maximum absolute atomic E-state index is 3.44. The molecule has 15 heavy (non-hydrogen) atoms. The monoisotopic (exact) mass is 209 g/mol. The maximum atomic E-state index is 3.44. The van der Waals surface area contributed by atoms with Crippen LogP contribution >= 0.6 is 0 Å². The second-order valence-electron chi connectivity index (χ2n) is 5.95. The number of rotatable bonds is 4. The van der Waals surface area contributed by atoms with Gasteiger partial charge in [-0.05, 0) is 37.6 Å². The molecular weight excluding hydrogens is 182 g/mol. The fourth-order valence-corrected chi connectivity index (χ4v) is 3.96. The minimum Gasteiger partial charge on any atom is -0.319 e. The molecule has 2 aliphatic carbocycles. The minimum atomic E-state index is 0.691. The summed E-state index contributed by atoms with van der Waals surface area (Å²) in [4.78, 5) is 0. The van der Waals surface area contributed by atoms with Crippen LogP contribution in [0.3, 0.4) is 0 Å². The smallest absolute Gasteiger partial charge is 0.000490 e. The molecule has 2 aliphatic rings. The molecule has 0 bridgehead atoms. The van der Waals surface area contributed by atoms with Crippen LogP contribution in [-0.4, -0.2) is 13.6 Å². The topological polar surface area (TPSA) is 12.0 Å². The van der Waals surface area contributed by atoms with E-state index in [1.54, 1.807) is 0 Å². The van der Waals surface area contributed by atoms with Crippen molar-refractivity contribution in [3.8, 4) is 0 Å². The number of nitrogens with one attached hydrogen (secondary N) is 1. The van der Waals surface area contributed by atoms with E-state index >= 15 is 0 Å². The fraction of sp³-hybridized carbons (Fsp3) is 1.00. The standard InChI is InChI=1S/C14H27N/c1-15-12-14(9-5-6-10-14)11-13-7-3-2-4-8-13/h13,15H,2-12H2,1H3. The first-order valence-electron chi connectivity index (χ1n) is 6.99. The van der Waals surface area contributed by atoms with Gasteiger partial charge in [0, 0.05) is 6.54 Å². The molecule has 0 aliphatic heterocycles. The zero-order valence-electron chi connectivity index (χ0n) is 10.4. The molecule has 0 aromatic heterocycles. The van der Waals surface area contributed by atoms with Crippen LogP contribution in [0, 0.1) is 11.3 Å². The molecule has 2 saturated carbocycles. The average Bonchev–Trinajstić information content (AvgIpc) is 2.69. The quantitative estimate of drug-likeness (QED) is 0.744. The lowest BCUT2D eigenvalue weighted by Crippen LogP contribution is -2.32. The van der Waals surface area contributed by atoms with Gasteiger partial charge in [0.1, 0.15) is 0 Å². The van der Waals surface area contributed by atoms with Crippen molar-refractivity contribution in [1.82, 2.24) is 5.32 Å². The van der Waals surface area contributed by atoms with Crippen molar-refractivity contribution in [1.29, 1.82) is 0 Å². The predicted octanol–water partition coefficient (Wildman–Crippen LogP) is 3.74. The lowest BCUT2D eigenvalue weighted by Gasteiger charge is -2.34. The highest BCUT2D eigenvalue weighted by Gasteiger charge is 2.35. The Bertz CT molecular complexity index is 176. The third-order valence-electron chi connectivity index (χ3n) is 4.66. The molecule has 2 fully saturated rings. The Morgan fingerprint density at radius 2 is 1.67 bits per heavy atom. The summed E-state index contributed by atoms with van der Waals surface area (Å²) < 4.78 is 0. The normalized spacial score (nSPS) is 27.0. The molecule has 0 unspecified atom stereocenters. The van der Waals surface area contributed by atoms with Gasteiger partial charge in [0.15, 0.2) is 0 Å². The summed E-state index contributed by atoms with van der Waals surface area (Å²) in [5.41, 5.74) is 0.691. The minimum absolute atomic E-state index is 0.691. The van der Waals surface area contributed by atoms with Crippen LogP contribution in [0.4, 0.5) is 0 Å². The second kappa shape index (κ2) is 5.34. The van der Waals surface area contributed by atoms with E-state index in [9.17, 15) is 0 Å². The first-order valence-corrected chi connectivity index (χ1v) is 6.99. The van der Waals surface area contributed by atoms with Gasteiger partial charge in [-0.25, -0.2) is 0 Å². The Morgan fingerprint density at radius 3 is 2.27 bits per heavy atom. The Morgan fingerprint density at radius 1 is 1.00 bits per heavy atom. The lowest BCUT2D eigenvalue weighted by molar-refractivity contribution is 0.185. The summed E-state index contributed by atoms with van der Waals surface area (Å²) in [6.45, 7) is 1.27. The van der Waals surface area contributed by atoms with E-state index in [2.05, 4.69) is 12.4 Å². The molecule has 2 rings (SSSR count). The highest BCUT2D eigenvalue weighted by atomic mass is 14.8. The molecule has 0 radical (unpaired) electrons. The second-order valence-corrected chi connectivity index (χ2v) is 5.95. The largest absolute Gasteiger partial charge is 0.319 e. The third-order valence-corrected chi connectivity index (χ3v) is 4.66. The molecule has 1 nitrogen and oxygen atoms in total. The van der Waals surface area contributed by atoms with Gasteiger partial charge < -0.3 is 5.32 Å². The summed E-state index contributed by atoms with van der Waals surface area (Å²) >= 11 is 0. The fourth-order valence-electron chi connectivity index (χ4n) is 3.96.